The third-order valence-electron chi connectivity index (χ3n) is 4.98. The number of amides is 2. The van der Waals surface area contributed by atoms with Gasteiger partial charge in [0.05, 0.1) is 11.5 Å². The predicted octanol–water partition coefficient (Wildman–Crippen LogP) is -0.169. The number of nitrogens with one attached hydrogen (secondary N) is 2. The summed E-state index contributed by atoms with van der Waals surface area (Å²) in [6.07, 6.45) is 1.60. The SMILES string of the molecule is CCCn1c(SCC(=O)N2CCN(C(=O)CSc3n[nH]c(=O)n3CCC)CC2)n[nH]c1=O. The summed E-state index contributed by atoms with van der Waals surface area (Å²) in [7, 11) is 0. The molecule has 2 N–H and O–H groups in total. The Hall–Kier alpha value is -2.48. The topological polar surface area (TPSA) is 142 Å². The van der Waals surface area contributed by atoms with Gasteiger partial charge in [0.2, 0.25) is 11.8 Å². The van der Waals surface area contributed by atoms with Crippen molar-refractivity contribution in [2.75, 3.05) is 37.7 Å². The molecule has 176 valence electrons. The van der Waals surface area contributed by atoms with E-state index in [4.69, 9.17) is 0 Å². The molecule has 0 aliphatic carbocycles. The van der Waals surface area contributed by atoms with Gasteiger partial charge in [0.25, 0.3) is 0 Å². The van der Waals surface area contributed by atoms with Gasteiger partial charge in [0.15, 0.2) is 10.3 Å². The van der Waals surface area contributed by atoms with E-state index in [9.17, 15) is 19.2 Å². The van der Waals surface area contributed by atoms with Gasteiger partial charge in [0.1, 0.15) is 0 Å². The van der Waals surface area contributed by atoms with Crippen LogP contribution in [0.1, 0.15) is 26.7 Å². The molecule has 12 nitrogen and oxygen atoms in total. The third kappa shape index (κ3) is 5.85. The minimum Gasteiger partial charge on any atom is -0.338 e. The highest BCUT2D eigenvalue weighted by molar-refractivity contribution is 8.00. The van der Waals surface area contributed by atoms with E-state index in [1.54, 1.807) is 9.80 Å². The van der Waals surface area contributed by atoms with Crippen molar-refractivity contribution in [3.63, 3.8) is 0 Å². The van der Waals surface area contributed by atoms with Crippen LogP contribution in [0.2, 0.25) is 0 Å². The van der Waals surface area contributed by atoms with Crippen molar-refractivity contribution in [3.8, 4) is 0 Å². The first-order valence-electron chi connectivity index (χ1n) is 10.6. The Morgan fingerprint density at radius 1 is 0.781 bits per heavy atom. The molecule has 0 bridgehead atoms. The summed E-state index contributed by atoms with van der Waals surface area (Å²) in [6.45, 7) is 6.88. The molecule has 0 radical (unpaired) electrons. The summed E-state index contributed by atoms with van der Waals surface area (Å²) >= 11 is 2.47. The van der Waals surface area contributed by atoms with Crippen LogP contribution in [0.15, 0.2) is 19.9 Å². The average molecular weight is 485 g/mol. The summed E-state index contributed by atoms with van der Waals surface area (Å²) in [4.78, 5) is 52.1. The first-order valence-corrected chi connectivity index (χ1v) is 12.5. The molecule has 1 aliphatic rings. The van der Waals surface area contributed by atoms with Gasteiger partial charge in [-0.1, -0.05) is 37.4 Å². The molecule has 2 aromatic rings. The second-order valence-electron chi connectivity index (χ2n) is 7.26. The van der Waals surface area contributed by atoms with Crippen molar-refractivity contribution < 1.29 is 9.59 Å². The van der Waals surface area contributed by atoms with E-state index < -0.39 is 0 Å². The molecule has 0 unspecified atom stereocenters. The van der Waals surface area contributed by atoms with Gasteiger partial charge in [-0.05, 0) is 12.8 Å². The molecule has 2 aromatic heterocycles. The van der Waals surface area contributed by atoms with Crippen LogP contribution < -0.4 is 11.4 Å². The van der Waals surface area contributed by atoms with Gasteiger partial charge >= 0.3 is 11.4 Å². The number of piperazine rings is 1. The Bertz CT molecular complexity index is 952. The fourth-order valence-corrected chi connectivity index (χ4v) is 5.06. The zero-order chi connectivity index (χ0) is 23.1. The quantitative estimate of drug-likeness (QED) is 0.443. The van der Waals surface area contributed by atoms with Gasteiger partial charge in [-0.2, -0.15) is 0 Å². The number of hydrogen-bond donors (Lipinski definition) is 2. The fourth-order valence-electron chi connectivity index (χ4n) is 3.31. The second kappa shape index (κ2) is 11.4. The highest BCUT2D eigenvalue weighted by Crippen LogP contribution is 2.17. The molecular weight excluding hydrogens is 456 g/mol. The average Bonchev–Trinajstić information content (AvgIpc) is 3.33. The van der Waals surface area contributed by atoms with E-state index in [-0.39, 0.29) is 34.7 Å². The largest absolute Gasteiger partial charge is 0.343 e. The Labute approximate surface area is 193 Å². The lowest BCUT2D eigenvalue weighted by atomic mass is 10.3. The van der Waals surface area contributed by atoms with Gasteiger partial charge in [-0.25, -0.2) is 19.8 Å². The standard InChI is InChI=1S/C18H28N8O4S2/c1-3-5-25-15(29)19-21-17(25)31-11-13(27)23-7-9-24(10-8-23)14(28)12-32-18-22-20-16(30)26(18)6-4-2/h3-12H2,1-2H3,(H,19,29)(H,20,30). The van der Waals surface area contributed by atoms with Gasteiger partial charge in [-0.3, -0.25) is 18.7 Å². The van der Waals surface area contributed by atoms with Crippen LogP contribution in [0.5, 0.6) is 0 Å². The minimum absolute atomic E-state index is 0.0462. The molecule has 0 spiro atoms. The second-order valence-corrected chi connectivity index (χ2v) is 9.15. The van der Waals surface area contributed by atoms with Crippen molar-refractivity contribution >= 4 is 35.3 Å². The van der Waals surface area contributed by atoms with Crippen LogP contribution in [-0.2, 0) is 22.7 Å². The number of hydrogen-bond acceptors (Lipinski definition) is 8. The molecule has 1 saturated heterocycles. The first-order chi connectivity index (χ1) is 15.4. The van der Waals surface area contributed by atoms with Crippen molar-refractivity contribution in [2.24, 2.45) is 0 Å². The maximum Gasteiger partial charge on any atom is 0.343 e. The number of carbonyl (C=O) groups excluding carboxylic acids is 2. The van der Waals surface area contributed by atoms with Crippen molar-refractivity contribution in [1.82, 2.24) is 39.3 Å². The smallest absolute Gasteiger partial charge is 0.338 e. The molecule has 14 heteroatoms. The number of rotatable bonds is 10. The van der Waals surface area contributed by atoms with Gasteiger partial charge in [-0.15, -0.1) is 10.2 Å². The third-order valence-corrected chi connectivity index (χ3v) is 6.90. The molecule has 0 atom stereocenters. The molecule has 0 aromatic carbocycles. The molecule has 3 heterocycles. The molecule has 0 saturated carbocycles. The van der Waals surface area contributed by atoms with Gasteiger partial charge < -0.3 is 9.80 Å². The van der Waals surface area contributed by atoms with E-state index in [1.807, 2.05) is 13.8 Å². The molecule has 1 fully saturated rings. The van der Waals surface area contributed by atoms with E-state index in [2.05, 4.69) is 20.4 Å². The summed E-state index contributed by atoms with van der Waals surface area (Å²) in [5.74, 6) is 0.280. The van der Waals surface area contributed by atoms with Crippen molar-refractivity contribution in [1.29, 1.82) is 0 Å². The summed E-state index contributed by atoms with van der Waals surface area (Å²) < 4.78 is 3.07. The molecular formula is C18H28N8O4S2. The van der Waals surface area contributed by atoms with Crippen LogP contribution in [0.4, 0.5) is 0 Å². The van der Waals surface area contributed by atoms with Crippen LogP contribution in [0.25, 0.3) is 0 Å². The number of H-pyrrole nitrogens is 2. The Morgan fingerprint density at radius 3 is 1.50 bits per heavy atom. The monoisotopic (exact) mass is 484 g/mol. The number of aromatic nitrogens is 6. The van der Waals surface area contributed by atoms with E-state index in [1.165, 1.54) is 32.7 Å². The lowest BCUT2D eigenvalue weighted by molar-refractivity contribution is -0.136. The highest BCUT2D eigenvalue weighted by Gasteiger charge is 2.25. The fraction of sp³-hybridized carbons (Fsp3) is 0.667. The van der Waals surface area contributed by atoms with Crippen LogP contribution >= 0.6 is 23.5 Å². The first kappa shape index (κ1) is 24.2. The number of nitrogens with zero attached hydrogens (tertiary/aromatic N) is 6. The summed E-state index contributed by atoms with van der Waals surface area (Å²) in [5, 5.41) is 13.8. The van der Waals surface area contributed by atoms with Gasteiger partial charge in [0, 0.05) is 39.3 Å². The Balaban J connectivity index is 1.44. The van der Waals surface area contributed by atoms with Crippen LogP contribution in [0, 0.1) is 0 Å². The molecule has 3 rings (SSSR count). The van der Waals surface area contributed by atoms with E-state index in [0.29, 0.717) is 49.6 Å². The highest BCUT2D eigenvalue weighted by atomic mass is 32.2. The minimum atomic E-state index is -0.270. The maximum absolute atomic E-state index is 12.6. The zero-order valence-electron chi connectivity index (χ0n) is 18.2. The Kier molecular flexibility index (Phi) is 8.61. The normalized spacial score (nSPS) is 14.2. The lowest BCUT2D eigenvalue weighted by Crippen LogP contribution is -2.51. The maximum atomic E-state index is 12.6. The van der Waals surface area contributed by atoms with E-state index in [0.717, 1.165) is 12.8 Å². The van der Waals surface area contributed by atoms with Crippen LogP contribution in [0.3, 0.4) is 0 Å². The predicted molar refractivity (Wildman–Crippen MR) is 121 cm³/mol. The molecule has 32 heavy (non-hydrogen) atoms. The van der Waals surface area contributed by atoms with Crippen molar-refractivity contribution in [3.05, 3.63) is 21.0 Å². The van der Waals surface area contributed by atoms with E-state index >= 15 is 0 Å². The van der Waals surface area contributed by atoms with Crippen LogP contribution in [-0.4, -0.2) is 88.8 Å². The number of aromatic amines is 2. The summed E-state index contributed by atoms with van der Waals surface area (Å²) in [6, 6.07) is 0. The lowest BCUT2D eigenvalue weighted by Gasteiger charge is -2.34. The number of thioether (sulfide) groups is 2. The zero-order valence-corrected chi connectivity index (χ0v) is 19.8. The molecule has 2 amide bonds. The number of carbonyl (C=O) groups is 2. The summed E-state index contributed by atoms with van der Waals surface area (Å²) in [5.41, 5.74) is -0.540. The Morgan fingerprint density at radius 2 is 1.16 bits per heavy atom. The molecule has 1 aliphatic heterocycles. The van der Waals surface area contributed by atoms with Crippen molar-refractivity contribution in [2.45, 2.75) is 50.1 Å².